The van der Waals surface area contributed by atoms with E-state index in [4.69, 9.17) is 29.9 Å². The lowest BCUT2D eigenvalue weighted by molar-refractivity contribution is 0.953. The highest BCUT2D eigenvalue weighted by Gasteiger charge is 2.27. The topological polar surface area (TPSA) is 97.1 Å². The monoisotopic (exact) mass is 1120 g/mol. The van der Waals surface area contributed by atoms with Crippen molar-refractivity contribution in [1.29, 1.82) is 0 Å². The number of rotatable bonds is 9. The molecule has 88 heavy (non-hydrogen) atoms. The summed E-state index contributed by atoms with van der Waals surface area (Å²) in [4.78, 5) is 32.0. The maximum Gasteiger partial charge on any atom is 0.238 e. The molecule has 0 fully saturated rings. The fraction of sp³-hybridized carbons (Fsp3) is 0. The van der Waals surface area contributed by atoms with Gasteiger partial charge in [-0.15, -0.1) is 0 Å². The molecule has 18 rings (SSSR count). The lowest BCUT2D eigenvalue weighted by atomic mass is 10.00. The highest BCUT2D eigenvalue weighted by atomic mass is 15.2. The van der Waals surface area contributed by atoms with E-state index in [-0.39, 0.29) is 0 Å². The molecule has 0 N–H and O–H groups in total. The third-order valence-electron chi connectivity index (χ3n) is 17.3. The molecule has 0 radical (unpaired) electrons. The molecule has 10 heteroatoms. The quantitative estimate of drug-likeness (QED) is 0.143. The lowest BCUT2D eigenvalue weighted by Crippen LogP contribution is -2.07. The molecule has 410 valence electrons. The highest BCUT2D eigenvalue weighted by molar-refractivity contribution is 6.26. The largest absolute Gasteiger partial charge is 0.307 e. The van der Waals surface area contributed by atoms with Crippen LogP contribution in [0.25, 0.3) is 167 Å². The van der Waals surface area contributed by atoms with Crippen LogP contribution in [-0.2, 0) is 0 Å². The molecule has 0 aliphatic rings. The van der Waals surface area contributed by atoms with Crippen molar-refractivity contribution in [3.05, 3.63) is 291 Å². The summed E-state index contributed by atoms with van der Waals surface area (Å²) >= 11 is 0. The minimum Gasteiger partial charge on any atom is -0.307 e. The number of hydrogen-bond donors (Lipinski definition) is 0. The molecule has 0 unspecified atom stereocenters. The molecular weight excluding hydrogens is 1080 g/mol. The van der Waals surface area contributed by atoms with Gasteiger partial charge in [0, 0.05) is 76.7 Å². The Morgan fingerprint density at radius 3 is 0.795 bits per heavy atom. The standard InChI is InChI=1S/C78H48N10/c1-7-23-49(24-8-1)73-79-74(50-25-9-2-10-26-50)82-77(81-73)87-67-45-39-53(47-63(67)61-43-41-59-57-35-19-21-37-65(57)85(69(59)71(61)87)55-31-15-5-16-32-55)54-40-46-68-64(48-54)62-44-42-60-58-36-20-22-38-66(58)86(56-33-17-6-18-34-56)70(60)72(62)88(68)78-83-75(51-27-11-3-12-28-51)80-76(84-78)52-29-13-4-14-30-52/h1-48H. The molecular formula is C78H48N10. The normalized spacial score (nSPS) is 11.9. The Morgan fingerprint density at radius 1 is 0.182 bits per heavy atom. The van der Waals surface area contributed by atoms with Gasteiger partial charge in [0.25, 0.3) is 0 Å². The molecule has 10 nitrogen and oxygen atoms in total. The van der Waals surface area contributed by atoms with Gasteiger partial charge in [-0.1, -0.05) is 231 Å². The van der Waals surface area contributed by atoms with Crippen LogP contribution >= 0.6 is 0 Å². The summed E-state index contributed by atoms with van der Waals surface area (Å²) in [6.45, 7) is 0. The van der Waals surface area contributed by atoms with Crippen LogP contribution in [0.15, 0.2) is 291 Å². The van der Waals surface area contributed by atoms with Gasteiger partial charge in [-0.05, 0) is 71.8 Å². The van der Waals surface area contributed by atoms with Crippen LogP contribution in [0.5, 0.6) is 0 Å². The summed E-state index contributed by atoms with van der Waals surface area (Å²) in [6.07, 6.45) is 0. The number of nitrogens with zero attached hydrogens (tertiary/aromatic N) is 10. The first-order valence-electron chi connectivity index (χ1n) is 29.5. The number of fused-ring (bicyclic) bond motifs is 14. The van der Waals surface area contributed by atoms with E-state index in [1.165, 1.54) is 0 Å². The van der Waals surface area contributed by atoms with Gasteiger partial charge in [-0.2, -0.15) is 19.9 Å². The molecule has 0 atom stereocenters. The Bertz CT molecular complexity index is 5300. The summed E-state index contributed by atoms with van der Waals surface area (Å²) in [5.41, 5.74) is 16.1. The lowest BCUT2D eigenvalue weighted by Gasteiger charge is -2.13. The predicted octanol–water partition coefficient (Wildman–Crippen LogP) is 18.8. The molecule has 0 spiro atoms. The zero-order chi connectivity index (χ0) is 57.8. The summed E-state index contributed by atoms with van der Waals surface area (Å²) in [7, 11) is 0. The molecule has 0 saturated heterocycles. The van der Waals surface area contributed by atoms with Gasteiger partial charge in [0.15, 0.2) is 23.3 Å². The zero-order valence-electron chi connectivity index (χ0n) is 47.2. The van der Waals surface area contributed by atoms with Crippen LogP contribution in [0, 0.1) is 0 Å². The van der Waals surface area contributed by atoms with Gasteiger partial charge in [-0.25, -0.2) is 9.97 Å². The summed E-state index contributed by atoms with van der Waals surface area (Å²) in [5, 5.41) is 8.83. The average molecular weight is 1130 g/mol. The average Bonchev–Trinajstić information content (AvgIpc) is 1.69. The third-order valence-corrected chi connectivity index (χ3v) is 17.3. The van der Waals surface area contributed by atoms with E-state index in [0.29, 0.717) is 35.2 Å². The van der Waals surface area contributed by atoms with Crippen LogP contribution in [0.1, 0.15) is 0 Å². The molecule has 0 aliphatic carbocycles. The van der Waals surface area contributed by atoms with E-state index in [2.05, 4.69) is 237 Å². The molecule has 0 saturated carbocycles. The van der Waals surface area contributed by atoms with Crippen molar-refractivity contribution in [2.45, 2.75) is 0 Å². The number of hydrogen-bond acceptors (Lipinski definition) is 6. The Kier molecular flexibility index (Phi) is 11.1. The SMILES string of the molecule is c1ccc(-c2nc(-c3ccccc3)nc(-n3c4ccc(-c5ccc6c(c5)c5ccc7c8ccccc8n(-c8ccccc8)c7c5n6-c5nc(-c6ccccc6)nc(-c6ccccc6)n5)cc4c4ccc5c6ccccc6n(-c6ccccc6)c5c43)n2)cc1. The molecule has 0 bridgehead atoms. The molecule has 12 aromatic carbocycles. The van der Waals surface area contributed by atoms with Crippen LogP contribution in [-0.4, -0.2) is 48.2 Å². The Balaban J connectivity index is 0.928. The first-order chi connectivity index (χ1) is 43.7. The second kappa shape index (κ2) is 19.7. The van der Waals surface area contributed by atoms with Crippen molar-refractivity contribution in [3.8, 4) is 79.9 Å². The predicted molar refractivity (Wildman–Crippen MR) is 358 cm³/mol. The zero-order valence-corrected chi connectivity index (χ0v) is 47.2. The van der Waals surface area contributed by atoms with Gasteiger partial charge < -0.3 is 9.13 Å². The second-order valence-electron chi connectivity index (χ2n) is 22.3. The molecule has 6 aromatic heterocycles. The van der Waals surface area contributed by atoms with Gasteiger partial charge in [0.05, 0.1) is 44.1 Å². The summed E-state index contributed by atoms with van der Waals surface area (Å²) < 4.78 is 9.34. The minimum atomic E-state index is 0.524. The molecule has 18 aromatic rings. The fourth-order valence-corrected chi connectivity index (χ4v) is 13.4. The minimum absolute atomic E-state index is 0.524. The Hall–Kier alpha value is -12.1. The molecule has 6 heterocycles. The maximum absolute atomic E-state index is 5.43. The van der Waals surface area contributed by atoms with Crippen molar-refractivity contribution in [3.63, 3.8) is 0 Å². The number of benzene rings is 12. The van der Waals surface area contributed by atoms with E-state index in [9.17, 15) is 0 Å². The van der Waals surface area contributed by atoms with Crippen molar-refractivity contribution in [2.24, 2.45) is 0 Å². The van der Waals surface area contributed by atoms with E-state index in [1.54, 1.807) is 0 Å². The van der Waals surface area contributed by atoms with Crippen molar-refractivity contribution in [1.82, 2.24) is 48.2 Å². The van der Waals surface area contributed by atoms with E-state index < -0.39 is 0 Å². The van der Waals surface area contributed by atoms with Crippen molar-refractivity contribution >= 4 is 87.2 Å². The number of para-hydroxylation sites is 4. The molecule has 0 aliphatic heterocycles. The van der Waals surface area contributed by atoms with Crippen molar-refractivity contribution < 1.29 is 0 Å². The second-order valence-corrected chi connectivity index (χ2v) is 22.3. The number of aromatic nitrogens is 10. The van der Waals surface area contributed by atoms with Crippen molar-refractivity contribution in [2.75, 3.05) is 0 Å². The summed E-state index contributed by atoms with van der Waals surface area (Å²) in [5.74, 6) is 3.40. The third kappa shape index (κ3) is 7.69. The van der Waals surface area contributed by atoms with Gasteiger partial charge in [0.2, 0.25) is 11.9 Å². The molecule has 0 amide bonds. The van der Waals surface area contributed by atoms with Crippen LogP contribution < -0.4 is 0 Å². The van der Waals surface area contributed by atoms with Gasteiger partial charge in [-0.3, -0.25) is 9.13 Å². The highest BCUT2D eigenvalue weighted by Crippen LogP contribution is 2.46. The Morgan fingerprint density at radius 2 is 0.455 bits per heavy atom. The van der Waals surface area contributed by atoms with Gasteiger partial charge >= 0.3 is 0 Å². The first-order valence-corrected chi connectivity index (χ1v) is 29.5. The van der Waals surface area contributed by atoms with Crippen LogP contribution in [0.2, 0.25) is 0 Å². The van der Waals surface area contributed by atoms with E-state index >= 15 is 0 Å². The fourth-order valence-electron chi connectivity index (χ4n) is 13.4. The van der Waals surface area contributed by atoms with Crippen LogP contribution in [0.3, 0.4) is 0 Å². The van der Waals surface area contributed by atoms with E-state index in [1.807, 2.05) is 72.8 Å². The first kappa shape index (κ1) is 49.3. The van der Waals surface area contributed by atoms with Gasteiger partial charge in [0.1, 0.15) is 0 Å². The van der Waals surface area contributed by atoms with Crippen LogP contribution in [0.4, 0.5) is 0 Å². The maximum atomic E-state index is 5.43. The Labute approximate surface area is 503 Å². The summed E-state index contributed by atoms with van der Waals surface area (Å²) in [6, 6.07) is 102. The smallest absolute Gasteiger partial charge is 0.238 e. The van der Waals surface area contributed by atoms with E-state index in [0.717, 1.165) is 132 Å².